The third-order valence-electron chi connectivity index (χ3n) is 19.5. The molecule has 44 atom stereocenters. The van der Waals surface area contributed by atoms with E-state index < -0.39 is 315 Å². The standard InChI is InChI=1S/C36H57N3O29.C26H42N2O21/c1-10(45)38-14-16(47)25(62-33-22(53)18(49)21(52)32(66-33)57-7-42)12(5-40)60-30(14)65-28-20(51)24(55)34(68-36(28)59-9-44)63-26-13(6-41)61-29(15(17(26)48)39-11(2)46)64-27-19(50)23(54)31(56-4-3-37)67-35(27)58-8-43;1-7(33)28-11-13(35)20(46-24-17(39)14(36)16(38)23(48-24)41-5-31)10(4-30)44-22(11)47-21-15(37)18(40)25(49-26(21)42-6-32)45-19-9(3-29)43-8(2-27)12(19)34/h7-9,12-36,40-41,47-55H,3-6,37H2,1-2H3,(H,38,45)(H,39,46);5-6,8-26,29-30,34-40H,2-4,27H2,1H3,(H,28,33)/t12?,13?,14?,15?,16-,17-,18+,19-,20-,21+,22?,23?,24?,25-,26-,27+,28+,29-,30-,31-,32?,33-,34-,35?,36?;8-,9?,10?,11?,12?,13+,14-,15+,16-,17?,18?,19+,20+,21-,22+,23?,24+,25+,26?/m10/s1. The number of amides is 3. The summed E-state index contributed by atoms with van der Waals surface area (Å²) in [6.45, 7) is -1.51. The van der Waals surface area contributed by atoms with Crippen molar-refractivity contribution in [2.24, 2.45) is 11.5 Å². The number of hydrogen-bond acceptors (Lipinski definition) is 52. The van der Waals surface area contributed by atoms with Gasteiger partial charge in [0.2, 0.25) is 49.2 Å². The predicted molar refractivity (Wildman–Crippen MR) is 349 cm³/mol. The van der Waals surface area contributed by atoms with Gasteiger partial charge in [0.1, 0.15) is 165 Å². The largest absolute Gasteiger partial charge is 0.435 e. The van der Waals surface area contributed by atoms with Crippen molar-refractivity contribution in [2.75, 3.05) is 46.1 Å². The lowest BCUT2D eigenvalue weighted by Crippen LogP contribution is -2.70. The summed E-state index contributed by atoms with van der Waals surface area (Å²) < 4.78 is 119. The summed E-state index contributed by atoms with van der Waals surface area (Å²) in [5.74, 6) is -2.43. The van der Waals surface area contributed by atoms with Crippen LogP contribution in [0.1, 0.15) is 20.8 Å². The van der Waals surface area contributed by atoms with Crippen LogP contribution in [-0.4, -0.2) is 469 Å². The summed E-state index contributed by atoms with van der Waals surface area (Å²) in [5.41, 5.74) is 11.0. The summed E-state index contributed by atoms with van der Waals surface area (Å²) in [7, 11) is 0. The van der Waals surface area contributed by atoms with Crippen LogP contribution in [0.25, 0.3) is 0 Å². The summed E-state index contributed by atoms with van der Waals surface area (Å²) in [4.78, 5) is 93.1. The van der Waals surface area contributed by atoms with Gasteiger partial charge in [-0.05, 0) is 0 Å². The van der Waals surface area contributed by atoms with Gasteiger partial charge in [0.25, 0.3) is 32.4 Å². The smallest absolute Gasteiger partial charge is 0.295 e. The van der Waals surface area contributed by atoms with Gasteiger partial charge in [0.05, 0.1) is 39.1 Å². The number of hydrogen-bond donors (Lipinski definition) is 25. The molecule has 27 N–H and O–H groups in total. The van der Waals surface area contributed by atoms with Crippen LogP contribution in [0.15, 0.2) is 0 Å². The molecule has 0 saturated carbocycles. The first kappa shape index (κ1) is 96.7. The zero-order valence-corrected chi connectivity index (χ0v) is 61.6. The molecule has 117 heavy (non-hydrogen) atoms. The van der Waals surface area contributed by atoms with Gasteiger partial charge >= 0.3 is 0 Å². The lowest BCUT2D eigenvalue weighted by atomic mass is 9.95. The van der Waals surface area contributed by atoms with E-state index in [-0.39, 0.29) is 52.1 Å². The SMILES string of the molecule is CC(=O)NC1[C@@H](O[C@@H]2C(OC=O)O[C@@H](O[C@@H]3C(CO)O[C@@H](CN)C3O)C(O)[C@H]2O)OC(CO)[C@@H](O[C@@H]2OC(OC=O)[C@@H](O)[C@H](O)C2O)[C@@H]1O.CC(=O)NC1[C@@H](O[C@@H]2C(OC=O)O[C@@H](O[C@@H]3C(CO)O[C@H](O[C@@H]4C(OC=O)O[C@@H](OCCN)C(O)[C@H]4O)C(NC(C)=O)[C@H]3O)C(O)[C@H]2O)OC(CO)[C@@H](O[C@@H]2OC(OC=O)[C@@H](O)[C@H](O)C2O)[C@@H]1O. The maximum atomic E-state index is 12.4. The van der Waals surface area contributed by atoms with Gasteiger partial charge in [-0.15, -0.1) is 0 Å². The molecule has 55 heteroatoms. The summed E-state index contributed by atoms with van der Waals surface area (Å²) in [5, 5.41) is 220. The number of ether oxygens (including phenoxy) is 22. The second-order valence-electron chi connectivity index (χ2n) is 27.2. The minimum Gasteiger partial charge on any atom is -0.435 e. The molecular weight excluding hydrogens is 1610 g/mol. The van der Waals surface area contributed by atoms with E-state index in [1.54, 1.807) is 0 Å². The molecule has 0 radical (unpaired) electrons. The molecule has 0 bridgehead atoms. The predicted octanol–water partition coefficient (Wildman–Crippen LogP) is -19.9. The van der Waals surface area contributed by atoms with Crippen LogP contribution in [0.5, 0.6) is 0 Å². The highest BCUT2D eigenvalue weighted by Gasteiger charge is 2.61. The molecule has 0 aliphatic carbocycles. The van der Waals surface area contributed by atoms with Crippen molar-refractivity contribution < 1.29 is 245 Å². The summed E-state index contributed by atoms with van der Waals surface area (Å²) in [6, 6.07) is -5.12. The van der Waals surface area contributed by atoms with Crippen LogP contribution in [0.4, 0.5) is 0 Å². The molecule has 9 rings (SSSR count). The van der Waals surface area contributed by atoms with Gasteiger partial charge in [-0.1, -0.05) is 0 Å². The van der Waals surface area contributed by atoms with Crippen molar-refractivity contribution >= 4 is 50.1 Å². The van der Waals surface area contributed by atoms with Gasteiger partial charge in [0.15, 0.2) is 68.6 Å². The lowest BCUT2D eigenvalue weighted by Gasteiger charge is -2.50. The third kappa shape index (κ3) is 22.5. The average Bonchev–Trinajstić information content (AvgIpc) is 1.37. The lowest BCUT2D eigenvalue weighted by molar-refractivity contribution is -0.402. The normalized spacial score (nSPS) is 46.1. The van der Waals surface area contributed by atoms with E-state index in [1.165, 1.54) is 0 Å². The zero-order chi connectivity index (χ0) is 86.3. The highest BCUT2D eigenvalue weighted by atomic mass is 16.9. The maximum Gasteiger partial charge on any atom is 0.295 e. The second-order valence-corrected chi connectivity index (χ2v) is 27.2. The first-order chi connectivity index (χ1) is 55.7. The molecule has 3 amide bonds. The molecule has 9 aliphatic rings. The molecule has 0 spiro atoms. The molecule has 9 aliphatic heterocycles. The Kier molecular flexibility index (Phi) is 36.6. The van der Waals surface area contributed by atoms with Crippen molar-refractivity contribution in [2.45, 2.75) is 292 Å². The first-order valence-corrected chi connectivity index (χ1v) is 35.8. The second kappa shape index (κ2) is 44.3. The van der Waals surface area contributed by atoms with E-state index in [2.05, 4.69) is 25.4 Å². The zero-order valence-electron chi connectivity index (χ0n) is 61.6. The fourth-order valence-electron chi connectivity index (χ4n) is 13.7. The Labute approximate surface area is 658 Å². The molecular formula is C62H99N5O50. The third-order valence-corrected chi connectivity index (χ3v) is 19.5. The fraction of sp³-hybridized carbons (Fsp3) is 0.871. The van der Waals surface area contributed by atoms with Gasteiger partial charge in [-0.2, -0.15) is 0 Å². The number of aliphatic hydroxyl groups excluding tert-OH is 20. The van der Waals surface area contributed by atoms with E-state index in [1.807, 2.05) is 0 Å². The van der Waals surface area contributed by atoms with Crippen LogP contribution < -0.4 is 27.4 Å². The monoisotopic (exact) mass is 1710 g/mol. The number of nitrogens with one attached hydrogen (secondary N) is 3. The van der Waals surface area contributed by atoms with Gasteiger partial charge in [0, 0.05) is 33.9 Å². The Hall–Kier alpha value is -5.80. The van der Waals surface area contributed by atoms with Gasteiger partial charge in [-0.25, -0.2) is 0 Å². The summed E-state index contributed by atoms with van der Waals surface area (Å²) >= 11 is 0. The average molecular weight is 1710 g/mol. The van der Waals surface area contributed by atoms with Crippen molar-refractivity contribution in [3.63, 3.8) is 0 Å². The minimum atomic E-state index is -2.26. The minimum absolute atomic E-state index is 0.0265. The molecule has 9 fully saturated rings. The van der Waals surface area contributed by atoms with Gasteiger partial charge in [-0.3, -0.25) is 38.4 Å². The van der Waals surface area contributed by atoms with E-state index in [0.29, 0.717) is 0 Å². The van der Waals surface area contributed by atoms with E-state index in [0.717, 1.165) is 20.8 Å². The van der Waals surface area contributed by atoms with Crippen molar-refractivity contribution in [3.05, 3.63) is 0 Å². The topological polar surface area (TPSA) is 832 Å². The Morgan fingerprint density at radius 3 is 0.795 bits per heavy atom. The number of rotatable bonds is 35. The molecule has 9 saturated heterocycles. The van der Waals surface area contributed by atoms with E-state index in [4.69, 9.17) is 106 Å². The molecule has 672 valence electrons. The fourth-order valence-corrected chi connectivity index (χ4v) is 13.7. The Morgan fingerprint density at radius 1 is 0.282 bits per heavy atom. The Bertz CT molecular complexity index is 3120. The van der Waals surface area contributed by atoms with Crippen molar-refractivity contribution in [3.8, 4) is 0 Å². The molecule has 0 aromatic heterocycles. The summed E-state index contributed by atoms with van der Waals surface area (Å²) in [6.07, 6.45) is -75.6. The van der Waals surface area contributed by atoms with Crippen molar-refractivity contribution in [1.82, 2.24) is 16.0 Å². The number of nitrogens with two attached hydrogens (primary N) is 2. The molecule has 0 aromatic rings. The molecule has 18 unspecified atom stereocenters. The van der Waals surface area contributed by atoms with Crippen LogP contribution in [0, 0.1) is 0 Å². The quantitative estimate of drug-likeness (QED) is 0.0207. The van der Waals surface area contributed by atoms with E-state index >= 15 is 0 Å². The number of carbonyl (C=O) groups is 8. The Balaban J connectivity index is 0.000000308. The van der Waals surface area contributed by atoms with Crippen molar-refractivity contribution in [1.29, 1.82) is 0 Å². The van der Waals surface area contributed by atoms with Crippen LogP contribution >= 0.6 is 0 Å². The van der Waals surface area contributed by atoms with Crippen LogP contribution in [0.3, 0.4) is 0 Å². The van der Waals surface area contributed by atoms with Crippen LogP contribution in [-0.2, 0) is 143 Å². The highest BCUT2D eigenvalue weighted by Crippen LogP contribution is 2.39. The first-order valence-electron chi connectivity index (χ1n) is 35.8. The molecule has 0 aromatic carbocycles. The number of carbonyl (C=O) groups excluding carboxylic acids is 8. The molecule has 9 heterocycles. The van der Waals surface area contributed by atoms with E-state index in [9.17, 15) is 140 Å². The maximum absolute atomic E-state index is 12.4. The van der Waals surface area contributed by atoms with Crippen LogP contribution in [0.2, 0.25) is 0 Å². The highest BCUT2D eigenvalue weighted by molar-refractivity contribution is 5.74. The van der Waals surface area contributed by atoms with Gasteiger partial charge < -0.3 is 234 Å². The number of aliphatic hydroxyl groups is 20. The molecule has 55 nitrogen and oxygen atoms in total. The Morgan fingerprint density at radius 2 is 0.521 bits per heavy atom.